The Labute approximate surface area is 581 Å². The third kappa shape index (κ3) is 67.6. The van der Waals surface area contributed by atoms with E-state index in [-0.39, 0.29) is 25.7 Å². The van der Waals surface area contributed by atoms with Crippen LogP contribution in [-0.4, -0.2) is 96.7 Å². The third-order valence-electron chi connectivity index (χ3n) is 18.3. The molecule has 564 valence electrons. The number of ether oxygens (including phenoxy) is 4. The van der Waals surface area contributed by atoms with Crippen LogP contribution >= 0.6 is 15.6 Å². The van der Waals surface area contributed by atoms with E-state index in [0.717, 1.165) is 108 Å². The minimum absolute atomic E-state index is 0.102. The van der Waals surface area contributed by atoms with Crippen molar-refractivity contribution in [2.45, 2.75) is 401 Å². The summed E-state index contributed by atoms with van der Waals surface area (Å²) in [5.74, 6) is 0.929. The van der Waals surface area contributed by atoms with Crippen molar-refractivity contribution in [1.29, 1.82) is 0 Å². The van der Waals surface area contributed by atoms with Gasteiger partial charge in [0.25, 0.3) is 0 Å². The maximum absolute atomic E-state index is 13.1. The SMILES string of the molecule is CCC(C)CCCCCCCCCCCCCCCCCCCCC(=O)O[C@H](COC(=O)CCCCCCCCCCCCC(C)CC)COP(=O)(O)OC[C@@H](O)COP(=O)(O)OC[C@@H](COC(=O)CCCCCCCCC(C)C)OC(=O)CCCCCCCCCC(C)C. The van der Waals surface area contributed by atoms with E-state index in [1.165, 1.54) is 180 Å². The average Bonchev–Trinajstić information content (AvgIpc) is 2.38. The molecule has 0 aromatic heterocycles. The number of aliphatic hydroxyl groups excluding tert-OH is 1. The Hall–Kier alpha value is -1.94. The molecule has 0 rings (SSSR count). The van der Waals surface area contributed by atoms with Crippen molar-refractivity contribution in [2.75, 3.05) is 39.6 Å². The number of carbonyl (C=O) groups excluding carboxylic acids is 4. The molecule has 19 heteroatoms. The van der Waals surface area contributed by atoms with Gasteiger partial charge < -0.3 is 33.8 Å². The fourth-order valence-corrected chi connectivity index (χ4v) is 13.1. The molecule has 17 nitrogen and oxygen atoms in total. The molecule has 0 fully saturated rings. The summed E-state index contributed by atoms with van der Waals surface area (Å²) >= 11 is 0. The maximum Gasteiger partial charge on any atom is 0.472 e. The van der Waals surface area contributed by atoms with Crippen LogP contribution in [0.5, 0.6) is 0 Å². The Morgan fingerprint density at radius 3 is 0.747 bits per heavy atom. The highest BCUT2D eigenvalue weighted by Crippen LogP contribution is 2.45. The van der Waals surface area contributed by atoms with Gasteiger partial charge in [-0.3, -0.25) is 37.3 Å². The predicted molar refractivity (Wildman–Crippen MR) is 386 cm³/mol. The van der Waals surface area contributed by atoms with E-state index in [2.05, 4.69) is 55.4 Å². The van der Waals surface area contributed by atoms with Crippen molar-refractivity contribution in [3.63, 3.8) is 0 Å². The molecule has 0 amide bonds. The molecule has 0 saturated carbocycles. The standard InChI is InChI=1S/C76H148O17P2/c1-9-68(7)54-46-38-29-23-19-17-15-13-11-12-14-16-18-20-26-32-42-50-58-75(80)92-71(62-86-73(78)56-48-40-31-25-22-21-24-30-39-47-55-69(8)10-2)64-90-94(82,83)88-60-70(77)61-89-95(84,85)91-65-72(63-87-74(79)57-49-41-35-34-37-45-53-67(5)6)93-76(81)59-51-43-33-27-28-36-44-52-66(3)4/h66-72,77H,9-65H2,1-8H3,(H,82,83)(H,84,85)/t68?,69?,70-,71-,72-/m1/s1. The quantitative estimate of drug-likeness (QED) is 0.0222. The van der Waals surface area contributed by atoms with Crippen molar-refractivity contribution >= 4 is 39.5 Å². The van der Waals surface area contributed by atoms with Crippen LogP contribution < -0.4 is 0 Å². The van der Waals surface area contributed by atoms with Crippen molar-refractivity contribution in [3.05, 3.63) is 0 Å². The summed E-state index contributed by atoms with van der Waals surface area (Å²) in [6.45, 7) is 14.1. The molecule has 0 aliphatic rings. The number of esters is 4. The van der Waals surface area contributed by atoms with E-state index in [1.54, 1.807) is 0 Å². The summed E-state index contributed by atoms with van der Waals surface area (Å²) in [6.07, 6.45) is 50.3. The predicted octanol–water partition coefficient (Wildman–Crippen LogP) is 22.0. The second-order valence-electron chi connectivity index (χ2n) is 28.8. The summed E-state index contributed by atoms with van der Waals surface area (Å²) in [7, 11) is -9.91. The highest BCUT2D eigenvalue weighted by Gasteiger charge is 2.30. The van der Waals surface area contributed by atoms with Crippen LogP contribution in [-0.2, 0) is 65.4 Å². The topological polar surface area (TPSA) is 237 Å². The Balaban J connectivity index is 5.18. The van der Waals surface area contributed by atoms with Crippen LogP contribution in [0.3, 0.4) is 0 Å². The van der Waals surface area contributed by atoms with Gasteiger partial charge in [-0.2, -0.15) is 0 Å². The lowest BCUT2D eigenvalue weighted by atomic mass is 9.99. The molecular weight excluding hydrogens is 1250 g/mol. The van der Waals surface area contributed by atoms with Gasteiger partial charge in [0.2, 0.25) is 0 Å². The molecule has 0 aromatic carbocycles. The first-order valence-electron chi connectivity index (χ1n) is 39.3. The third-order valence-corrected chi connectivity index (χ3v) is 20.2. The van der Waals surface area contributed by atoms with Gasteiger partial charge in [0.05, 0.1) is 26.4 Å². The molecule has 0 aromatic rings. The summed E-state index contributed by atoms with van der Waals surface area (Å²) in [5, 5.41) is 10.6. The molecule has 95 heavy (non-hydrogen) atoms. The second-order valence-corrected chi connectivity index (χ2v) is 31.7. The number of phosphoric ester groups is 2. The van der Waals surface area contributed by atoms with Gasteiger partial charge in [0.1, 0.15) is 19.3 Å². The second kappa shape index (κ2) is 65.4. The van der Waals surface area contributed by atoms with Crippen LogP contribution in [0.15, 0.2) is 0 Å². The minimum Gasteiger partial charge on any atom is -0.462 e. The van der Waals surface area contributed by atoms with Crippen LogP contribution in [0.1, 0.15) is 383 Å². The first-order chi connectivity index (χ1) is 45.7. The number of carbonyl (C=O) groups is 4. The lowest BCUT2D eigenvalue weighted by molar-refractivity contribution is -0.161. The van der Waals surface area contributed by atoms with Gasteiger partial charge in [-0.15, -0.1) is 0 Å². The van der Waals surface area contributed by atoms with Gasteiger partial charge in [0.15, 0.2) is 12.2 Å². The number of aliphatic hydroxyl groups is 1. The number of hydrogen-bond donors (Lipinski definition) is 3. The first-order valence-corrected chi connectivity index (χ1v) is 42.3. The summed E-state index contributed by atoms with van der Waals surface area (Å²) in [5.41, 5.74) is 0. The highest BCUT2D eigenvalue weighted by molar-refractivity contribution is 7.47. The molecule has 0 radical (unpaired) electrons. The molecule has 3 N–H and O–H groups in total. The van der Waals surface area contributed by atoms with Crippen LogP contribution in [0, 0.1) is 23.7 Å². The summed E-state index contributed by atoms with van der Waals surface area (Å²) in [6, 6.07) is 0. The fraction of sp³-hybridized carbons (Fsp3) is 0.947. The largest absolute Gasteiger partial charge is 0.472 e. The molecule has 0 aliphatic heterocycles. The van der Waals surface area contributed by atoms with Crippen LogP contribution in [0.25, 0.3) is 0 Å². The van der Waals surface area contributed by atoms with Gasteiger partial charge in [-0.25, -0.2) is 9.13 Å². The normalized spacial score (nSPS) is 14.7. The maximum atomic E-state index is 13.1. The van der Waals surface area contributed by atoms with Crippen molar-refractivity contribution in [3.8, 4) is 0 Å². The zero-order chi connectivity index (χ0) is 70.3. The molecule has 0 saturated heterocycles. The minimum atomic E-state index is -4.96. The molecular formula is C76H148O17P2. The Bertz CT molecular complexity index is 1870. The van der Waals surface area contributed by atoms with Crippen molar-refractivity contribution < 1.29 is 80.2 Å². The van der Waals surface area contributed by atoms with Crippen molar-refractivity contribution in [1.82, 2.24) is 0 Å². The van der Waals surface area contributed by atoms with Gasteiger partial charge in [-0.05, 0) is 49.4 Å². The zero-order valence-corrected chi connectivity index (χ0v) is 64.1. The van der Waals surface area contributed by atoms with Gasteiger partial charge >= 0.3 is 39.5 Å². The molecule has 4 unspecified atom stereocenters. The Morgan fingerprint density at radius 2 is 0.505 bits per heavy atom. The van der Waals surface area contributed by atoms with E-state index < -0.39 is 97.5 Å². The molecule has 0 bridgehead atoms. The highest BCUT2D eigenvalue weighted by atomic mass is 31.2. The number of rotatable bonds is 73. The van der Waals surface area contributed by atoms with Gasteiger partial charge in [-0.1, -0.05) is 331 Å². The number of unbranched alkanes of at least 4 members (excludes halogenated alkanes) is 37. The molecule has 0 heterocycles. The van der Waals surface area contributed by atoms with Gasteiger partial charge in [0, 0.05) is 25.7 Å². The molecule has 7 atom stereocenters. The molecule has 0 aliphatic carbocycles. The first kappa shape index (κ1) is 93.1. The summed E-state index contributed by atoms with van der Waals surface area (Å²) < 4.78 is 68.4. The van der Waals surface area contributed by atoms with E-state index >= 15 is 0 Å². The van der Waals surface area contributed by atoms with Crippen LogP contribution in [0.4, 0.5) is 0 Å². The zero-order valence-electron chi connectivity index (χ0n) is 62.3. The van der Waals surface area contributed by atoms with Crippen LogP contribution in [0.2, 0.25) is 0 Å². The fourth-order valence-electron chi connectivity index (χ4n) is 11.5. The lowest BCUT2D eigenvalue weighted by Gasteiger charge is -2.21. The molecule has 0 spiro atoms. The average molecular weight is 1400 g/mol. The monoisotopic (exact) mass is 1400 g/mol. The summed E-state index contributed by atoms with van der Waals surface area (Å²) in [4.78, 5) is 72.7. The Kier molecular flexibility index (Phi) is 64.0. The smallest absolute Gasteiger partial charge is 0.462 e. The number of hydrogen-bond acceptors (Lipinski definition) is 15. The Morgan fingerprint density at radius 1 is 0.295 bits per heavy atom. The number of phosphoric acid groups is 2. The van der Waals surface area contributed by atoms with E-state index in [4.69, 9.17) is 37.0 Å². The van der Waals surface area contributed by atoms with E-state index in [0.29, 0.717) is 37.5 Å². The van der Waals surface area contributed by atoms with Crippen molar-refractivity contribution in [2.24, 2.45) is 23.7 Å². The van der Waals surface area contributed by atoms with E-state index in [9.17, 15) is 43.2 Å². The lowest BCUT2D eigenvalue weighted by Crippen LogP contribution is -2.30. The van der Waals surface area contributed by atoms with E-state index in [1.807, 2.05) is 0 Å².